The number of allylic oxidation sites excluding steroid dienone is 2. The molecule has 1 heterocycles. The maximum absolute atomic E-state index is 11.6. The van der Waals surface area contributed by atoms with Crippen molar-refractivity contribution in [2.75, 3.05) is 6.61 Å². The summed E-state index contributed by atoms with van der Waals surface area (Å²) in [6, 6.07) is 7.49. The van der Waals surface area contributed by atoms with Gasteiger partial charge in [-0.05, 0) is 43.5 Å². The minimum Gasteiger partial charge on any atom is -0.462 e. The Hall–Kier alpha value is -1.48. The van der Waals surface area contributed by atoms with Crippen molar-refractivity contribution in [2.24, 2.45) is 0 Å². The normalized spacial score (nSPS) is 15.1. The summed E-state index contributed by atoms with van der Waals surface area (Å²) in [4.78, 5) is 12.9. The van der Waals surface area contributed by atoms with E-state index in [1.807, 2.05) is 58.5 Å². The Labute approximate surface area is 161 Å². The number of carbonyl (C=O) groups is 1. The van der Waals surface area contributed by atoms with Gasteiger partial charge >= 0.3 is 5.97 Å². The van der Waals surface area contributed by atoms with Crippen LogP contribution in [-0.4, -0.2) is 17.8 Å². The van der Waals surface area contributed by atoms with Gasteiger partial charge in [0.15, 0.2) is 0 Å². The molecule has 0 N–H and O–H groups in total. The summed E-state index contributed by atoms with van der Waals surface area (Å²) in [5.74, 6) is -0.274. The van der Waals surface area contributed by atoms with Gasteiger partial charge < -0.3 is 4.74 Å². The van der Waals surface area contributed by atoms with Gasteiger partial charge in [-0.3, -0.25) is 0 Å². The number of rotatable bonds is 4. The van der Waals surface area contributed by atoms with Gasteiger partial charge in [-0.2, -0.15) is 0 Å². The van der Waals surface area contributed by atoms with Crippen molar-refractivity contribution in [3.05, 3.63) is 52.4 Å². The number of carbonyl (C=O) groups excluding carboxylic acids is 1. The number of hydrogen-bond acceptors (Lipinski definition) is 3. The van der Waals surface area contributed by atoms with Gasteiger partial charge in [0.05, 0.1) is 12.2 Å². The molecule has 1 aliphatic rings. The zero-order valence-electron chi connectivity index (χ0n) is 16.2. The van der Waals surface area contributed by atoms with E-state index in [4.69, 9.17) is 4.74 Å². The van der Waals surface area contributed by atoms with E-state index in [1.54, 1.807) is 12.1 Å². The van der Waals surface area contributed by atoms with Gasteiger partial charge in [-0.15, -0.1) is 11.8 Å². The van der Waals surface area contributed by atoms with Crippen LogP contribution >= 0.6 is 11.8 Å². The highest BCUT2D eigenvalue weighted by Gasteiger charge is 2.21. The molecule has 0 spiro atoms. The molecule has 0 saturated heterocycles. The molecule has 1 aromatic rings. The molecule has 1 unspecified atom stereocenters. The van der Waals surface area contributed by atoms with Crippen LogP contribution in [0.1, 0.15) is 79.7 Å². The van der Waals surface area contributed by atoms with Crippen LogP contribution in [-0.2, 0) is 4.74 Å². The highest BCUT2D eigenvalue weighted by atomic mass is 32.2. The lowest BCUT2D eigenvalue weighted by atomic mass is 10.0. The first kappa shape index (κ1) is 25.8. The predicted molar refractivity (Wildman–Crippen MR) is 117 cm³/mol. The van der Waals surface area contributed by atoms with Crippen LogP contribution in [0.4, 0.5) is 0 Å². The standard InChI is InChI=1S/C17H20O2S.2C2H6.CH4.H2/c1-5-19-17(18)15-8-6-14(7-9-15)13(4)16-11(2)10-12(3)20-16;2*1-2;;/h6-9,12H,4-5,10H2,1-3H3;2*1-2H3;1H4;1H. The lowest BCUT2D eigenvalue weighted by Gasteiger charge is -2.10. The average Bonchev–Trinajstić information content (AvgIpc) is 2.96. The Morgan fingerprint density at radius 2 is 1.68 bits per heavy atom. The number of hydrogen-bond donors (Lipinski definition) is 0. The second kappa shape index (κ2) is 13.8. The third-order valence-electron chi connectivity index (χ3n) is 3.32. The van der Waals surface area contributed by atoms with E-state index in [0.29, 0.717) is 17.4 Å². The zero-order valence-corrected chi connectivity index (χ0v) is 17.0. The molecule has 0 bridgehead atoms. The van der Waals surface area contributed by atoms with E-state index in [0.717, 1.165) is 17.6 Å². The van der Waals surface area contributed by atoms with Crippen molar-refractivity contribution >= 4 is 23.3 Å². The van der Waals surface area contributed by atoms with Crippen LogP contribution in [0, 0.1) is 0 Å². The molecule has 0 fully saturated rings. The van der Waals surface area contributed by atoms with Crippen molar-refractivity contribution in [1.29, 1.82) is 0 Å². The molecular weight excluding hydrogens is 328 g/mol. The fourth-order valence-electron chi connectivity index (χ4n) is 2.35. The first-order chi connectivity index (χ1) is 11.5. The van der Waals surface area contributed by atoms with Crippen LogP contribution in [0.15, 0.2) is 41.3 Å². The lowest BCUT2D eigenvalue weighted by molar-refractivity contribution is 0.0526. The molecule has 25 heavy (non-hydrogen) atoms. The van der Waals surface area contributed by atoms with Crippen LogP contribution in [0.5, 0.6) is 0 Å². The number of thioether (sulfide) groups is 1. The highest BCUT2D eigenvalue weighted by Crippen LogP contribution is 2.43. The maximum Gasteiger partial charge on any atom is 0.338 e. The first-order valence-electron chi connectivity index (χ1n) is 8.86. The van der Waals surface area contributed by atoms with Crippen molar-refractivity contribution in [1.82, 2.24) is 0 Å². The number of esters is 1. The van der Waals surface area contributed by atoms with Crippen LogP contribution in [0.3, 0.4) is 0 Å². The van der Waals surface area contributed by atoms with Crippen LogP contribution in [0.25, 0.3) is 5.57 Å². The summed E-state index contributed by atoms with van der Waals surface area (Å²) >= 11 is 1.88. The second-order valence-electron chi connectivity index (χ2n) is 5.02. The molecule has 0 aromatic heterocycles. The van der Waals surface area contributed by atoms with Gasteiger partial charge in [-0.25, -0.2) is 4.79 Å². The molecule has 0 aliphatic carbocycles. The van der Waals surface area contributed by atoms with E-state index < -0.39 is 0 Å². The summed E-state index contributed by atoms with van der Waals surface area (Å²) in [7, 11) is 0. The van der Waals surface area contributed by atoms with Crippen molar-refractivity contribution in [3.63, 3.8) is 0 Å². The average molecular weight is 367 g/mol. The number of ether oxygens (including phenoxy) is 1. The molecule has 3 heteroatoms. The molecular formula is C22H38O2S. The predicted octanol–water partition coefficient (Wildman–Crippen LogP) is 7.61. The van der Waals surface area contributed by atoms with Crippen molar-refractivity contribution in [2.45, 2.75) is 67.6 Å². The SMILES string of the molecule is C.C=C(C1=C(C)CC(C)S1)c1ccc(C(=O)OCC)cc1.CC.CC.[HH]. The minimum absolute atomic E-state index is 0. The maximum atomic E-state index is 11.6. The molecule has 0 radical (unpaired) electrons. The van der Waals surface area contributed by atoms with E-state index in [1.165, 1.54) is 10.5 Å². The molecule has 1 aromatic carbocycles. The third kappa shape index (κ3) is 7.52. The summed E-state index contributed by atoms with van der Waals surface area (Å²) in [5.41, 5.74) is 4.10. The molecule has 1 atom stereocenters. The van der Waals surface area contributed by atoms with E-state index in [2.05, 4.69) is 20.4 Å². The number of benzene rings is 1. The summed E-state index contributed by atoms with van der Waals surface area (Å²) < 4.78 is 4.98. The first-order valence-corrected chi connectivity index (χ1v) is 9.74. The zero-order chi connectivity index (χ0) is 18.7. The second-order valence-corrected chi connectivity index (χ2v) is 6.47. The molecule has 0 saturated carbocycles. The monoisotopic (exact) mass is 366 g/mol. The molecule has 0 amide bonds. The van der Waals surface area contributed by atoms with Crippen molar-refractivity contribution < 1.29 is 11.0 Å². The van der Waals surface area contributed by atoms with Gasteiger partial charge in [0.1, 0.15) is 0 Å². The van der Waals surface area contributed by atoms with E-state index in [-0.39, 0.29) is 14.8 Å². The Balaban J connectivity index is -0.000000824. The quantitative estimate of drug-likeness (QED) is 0.513. The third-order valence-corrected chi connectivity index (χ3v) is 4.72. The van der Waals surface area contributed by atoms with E-state index in [9.17, 15) is 4.79 Å². The van der Waals surface area contributed by atoms with E-state index >= 15 is 0 Å². The Bertz CT molecular complexity index is 562. The summed E-state index contributed by atoms with van der Waals surface area (Å²) in [5, 5.41) is 0.626. The smallest absolute Gasteiger partial charge is 0.338 e. The van der Waals surface area contributed by atoms with Gasteiger partial charge in [0.2, 0.25) is 0 Å². The topological polar surface area (TPSA) is 26.3 Å². The Morgan fingerprint density at radius 1 is 1.20 bits per heavy atom. The largest absolute Gasteiger partial charge is 0.462 e. The Morgan fingerprint density at radius 3 is 2.08 bits per heavy atom. The van der Waals surface area contributed by atoms with Gasteiger partial charge in [0.25, 0.3) is 0 Å². The fourth-order valence-corrected chi connectivity index (χ4v) is 3.63. The highest BCUT2D eigenvalue weighted by molar-refractivity contribution is 8.04. The van der Waals surface area contributed by atoms with Gasteiger partial charge in [-0.1, -0.05) is 66.3 Å². The van der Waals surface area contributed by atoms with Crippen molar-refractivity contribution in [3.8, 4) is 0 Å². The fraction of sp³-hybridized carbons (Fsp3) is 0.500. The molecule has 144 valence electrons. The molecule has 2 rings (SSSR count). The van der Waals surface area contributed by atoms with Gasteiger partial charge in [0, 0.05) is 11.6 Å². The Kier molecular flexibility index (Phi) is 14.2. The molecule has 1 aliphatic heterocycles. The lowest BCUT2D eigenvalue weighted by Crippen LogP contribution is -2.04. The van der Waals surface area contributed by atoms with Crippen LogP contribution < -0.4 is 0 Å². The minimum atomic E-state index is -0.274. The molecule has 2 nitrogen and oxygen atoms in total. The summed E-state index contributed by atoms with van der Waals surface area (Å²) in [6.45, 7) is 18.8. The van der Waals surface area contributed by atoms with Crippen LogP contribution in [0.2, 0.25) is 0 Å². The summed E-state index contributed by atoms with van der Waals surface area (Å²) in [6.07, 6.45) is 1.12.